The van der Waals surface area contributed by atoms with Crippen molar-refractivity contribution in [2.75, 3.05) is 13.2 Å². The summed E-state index contributed by atoms with van der Waals surface area (Å²) in [4.78, 5) is 24.4. The number of esters is 1. The maximum atomic E-state index is 12.7. The first-order chi connectivity index (χ1) is 32.8. The van der Waals surface area contributed by atoms with Gasteiger partial charge in [-0.1, -0.05) is 209 Å². The lowest BCUT2D eigenvalue weighted by molar-refractivity contribution is -0.145. The van der Waals surface area contributed by atoms with E-state index in [2.05, 4.69) is 92.1 Å². The van der Waals surface area contributed by atoms with Crippen LogP contribution >= 0.6 is 0 Å². The minimum Gasteiger partial charge on any atom is -0.465 e. The van der Waals surface area contributed by atoms with Crippen molar-refractivity contribution in [1.29, 1.82) is 0 Å². The Morgan fingerprint density at radius 2 is 0.746 bits per heavy atom. The van der Waals surface area contributed by atoms with Gasteiger partial charge < -0.3 is 14.8 Å². The summed E-state index contributed by atoms with van der Waals surface area (Å²) >= 11 is 0. The largest absolute Gasteiger partial charge is 0.465 e. The van der Waals surface area contributed by atoms with Gasteiger partial charge in [-0.15, -0.1) is 0 Å². The molecule has 0 spiro atoms. The Morgan fingerprint density at radius 3 is 1.12 bits per heavy atom. The average Bonchev–Trinajstić information content (AvgIpc) is 3.30. The number of carbonyl (C=O) groups excluding carboxylic acids is 2. The Balaban J connectivity index is 4.24. The molecule has 0 aliphatic rings. The molecule has 0 saturated carbocycles. The Kier molecular flexibility index (Phi) is 50.3. The first-order valence-corrected chi connectivity index (χ1v) is 28.8. The van der Waals surface area contributed by atoms with E-state index >= 15 is 0 Å². The van der Waals surface area contributed by atoms with Gasteiger partial charge in [0, 0.05) is 13.0 Å². The molecule has 0 radical (unpaired) electrons. The number of ether oxygens (including phenoxy) is 2. The third-order valence-corrected chi connectivity index (χ3v) is 12.4. The fourth-order valence-electron chi connectivity index (χ4n) is 8.25. The van der Waals surface area contributed by atoms with Crippen molar-refractivity contribution in [2.45, 2.75) is 291 Å². The lowest BCUT2D eigenvalue weighted by atomic mass is 9.94. The van der Waals surface area contributed by atoms with Gasteiger partial charge in [0.05, 0.1) is 6.61 Å². The standard InChI is InChI=1S/C62H111NO4/c1-6-8-10-12-14-16-18-20-22-27-30-34-38-42-46-50-54-59(58-66-60(64)56-52-48-44-40-36-32-26-21-19-17-15-13-11-9-7-2)55-51-47-43-39-35-31-28-24-23-25-29-33-37-41-45-49-53-57-63-61(65)67-62(3,4)5/h14-17,20-24,26,29,33,59H,6-13,18-19,25,27-28,30-32,34-58H2,1-5H3,(H,63,65)/b16-14-,17-15?,22-20-,24-23?,26-21?,33-29?. The molecule has 388 valence electrons. The first-order valence-electron chi connectivity index (χ1n) is 28.8. The number of rotatable bonds is 49. The van der Waals surface area contributed by atoms with E-state index in [1.807, 2.05) is 20.8 Å². The van der Waals surface area contributed by atoms with Crippen molar-refractivity contribution < 1.29 is 19.1 Å². The first kappa shape index (κ1) is 64.2. The van der Waals surface area contributed by atoms with Gasteiger partial charge in [-0.25, -0.2) is 4.79 Å². The molecule has 0 saturated heterocycles. The molecule has 5 nitrogen and oxygen atoms in total. The van der Waals surface area contributed by atoms with Crippen molar-refractivity contribution in [3.63, 3.8) is 0 Å². The van der Waals surface area contributed by atoms with Crippen molar-refractivity contribution in [1.82, 2.24) is 5.32 Å². The highest BCUT2D eigenvalue weighted by molar-refractivity contribution is 5.69. The van der Waals surface area contributed by atoms with Crippen LogP contribution in [0.1, 0.15) is 285 Å². The number of hydrogen-bond acceptors (Lipinski definition) is 4. The van der Waals surface area contributed by atoms with Crippen molar-refractivity contribution in [3.8, 4) is 0 Å². The van der Waals surface area contributed by atoms with Gasteiger partial charge >= 0.3 is 12.1 Å². The predicted octanol–water partition coefficient (Wildman–Crippen LogP) is 20.3. The van der Waals surface area contributed by atoms with Crippen LogP contribution in [-0.2, 0) is 14.3 Å². The summed E-state index contributed by atoms with van der Waals surface area (Å²) in [7, 11) is 0. The molecule has 0 bridgehead atoms. The molecule has 67 heavy (non-hydrogen) atoms. The second kappa shape index (κ2) is 52.5. The summed E-state index contributed by atoms with van der Waals surface area (Å²) in [6, 6.07) is 0. The highest BCUT2D eigenvalue weighted by Crippen LogP contribution is 2.21. The van der Waals surface area contributed by atoms with Crippen molar-refractivity contribution >= 4 is 12.1 Å². The van der Waals surface area contributed by atoms with Crippen LogP contribution in [0.15, 0.2) is 72.9 Å². The van der Waals surface area contributed by atoms with Crippen LogP contribution in [0.2, 0.25) is 0 Å². The fraction of sp³-hybridized carbons (Fsp3) is 0.774. The number of hydrogen-bond donors (Lipinski definition) is 1. The molecule has 0 rings (SSSR count). The number of allylic oxidation sites excluding steroid dienone is 12. The summed E-state index contributed by atoms with van der Waals surface area (Å²) in [6.07, 6.45) is 74.9. The monoisotopic (exact) mass is 934 g/mol. The van der Waals surface area contributed by atoms with Crippen LogP contribution in [-0.4, -0.2) is 30.8 Å². The Labute approximate surface area is 417 Å². The van der Waals surface area contributed by atoms with Crippen LogP contribution in [0, 0.1) is 5.92 Å². The second-order valence-electron chi connectivity index (χ2n) is 20.4. The SMILES string of the molecule is CCCCCC=CCC=CCCCCCCCC(=O)OCC(CCCCCCCCC=CCC=CCCCCCCNC(=O)OC(C)(C)C)CCCCCCCC/C=C\C/C=C\CCCCC. The minimum atomic E-state index is -0.439. The molecule has 5 heteroatoms. The minimum absolute atomic E-state index is 0.0208. The summed E-state index contributed by atoms with van der Waals surface area (Å²) in [6.45, 7) is 11.5. The molecule has 0 aliphatic heterocycles. The normalized spacial score (nSPS) is 12.9. The van der Waals surface area contributed by atoms with E-state index in [-0.39, 0.29) is 12.1 Å². The molecular weight excluding hydrogens is 823 g/mol. The molecule has 0 aromatic heterocycles. The third kappa shape index (κ3) is 55.7. The average molecular weight is 935 g/mol. The third-order valence-electron chi connectivity index (χ3n) is 12.4. The van der Waals surface area contributed by atoms with Gasteiger partial charge in [-0.2, -0.15) is 0 Å². The molecule has 1 atom stereocenters. The molecule has 1 unspecified atom stereocenters. The van der Waals surface area contributed by atoms with Gasteiger partial charge in [-0.3, -0.25) is 4.79 Å². The molecule has 0 aromatic rings. The van der Waals surface area contributed by atoms with Gasteiger partial charge in [0.25, 0.3) is 0 Å². The quantitative estimate of drug-likeness (QED) is 0.0375. The van der Waals surface area contributed by atoms with E-state index in [9.17, 15) is 9.59 Å². The Bertz CT molecular complexity index is 1240. The van der Waals surface area contributed by atoms with Gasteiger partial charge in [0.2, 0.25) is 0 Å². The number of carbonyl (C=O) groups is 2. The van der Waals surface area contributed by atoms with E-state index in [0.29, 0.717) is 25.5 Å². The summed E-state index contributed by atoms with van der Waals surface area (Å²) in [5.41, 5.74) is -0.439. The van der Waals surface area contributed by atoms with Crippen LogP contribution in [0.5, 0.6) is 0 Å². The molecule has 0 aromatic carbocycles. The van der Waals surface area contributed by atoms with Gasteiger partial charge in [0.15, 0.2) is 0 Å². The second-order valence-corrected chi connectivity index (χ2v) is 20.4. The van der Waals surface area contributed by atoms with Crippen molar-refractivity contribution in [2.24, 2.45) is 5.92 Å². The zero-order valence-corrected chi connectivity index (χ0v) is 45.1. The fourth-order valence-corrected chi connectivity index (χ4v) is 8.25. The van der Waals surface area contributed by atoms with Crippen LogP contribution in [0.4, 0.5) is 4.79 Å². The zero-order chi connectivity index (χ0) is 48.8. The lowest BCUT2D eigenvalue weighted by Gasteiger charge is -2.19. The predicted molar refractivity (Wildman–Crippen MR) is 295 cm³/mol. The van der Waals surface area contributed by atoms with E-state index in [1.165, 1.54) is 193 Å². The van der Waals surface area contributed by atoms with E-state index in [0.717, 1.165) is 51.4 Å². The number of nitrogens with one attached hydrogen (secondary N) is 1. The Hall–Kier alpha value is -2.82. The highest BCUT2D eigenvalue weighted by atomic mass is 16.6. The molecule has 0 aliphatic carbocycles. The van der Waals surface area contributed by atoms with Crippen LogP contribution in [0.3, 0.4) is 0 Å². The Morgan fingerprint density at radius 1 is 0.418 bits per heavy atom. The number of alkyl carbamates (subject to hydrolysis) is 1. The van der Waals surface area contributed by atoms with E-state index in [4.69, 9.17) is 9.47 Å². The van der Waals surface area contributed by atoms with Gasteiger partial charge in [0.1, 0.15) is 5.60 Å². The number of unbranched alkanes of at least 4 members (excludes halogenated alkanes) is 27. The number of amides is 1. The zero-order valence-electron chi connectivity index (χ0n) is 45.1. The molecule has 1 N–H and O–H groups in total. The maximum Gasteiger partial charge on any atom is 0.407 e. The maximum absolute atomic E-state index is 12.7. The van der Waals surface area contributed by atoms with Crippen molar-refractivity contribution in [3.05, 3.63) is 72.9 Å². The molecule has 1 amide bonds. The molecule has 0 heterocycles. The van der Waals surface area contributed by atoms with E-state index < -0.39 is 5.60 Å². The smallest absolute Gasteiger partial charge is 0.407 e. The van der Waals surface area contributed by atoms with Gasteiger partial charge in [-0.05, 0) is 149 Å². The molecular formula is C62H111NO4. The summed E-state index contributed by atoms with van der Waals surface area (Å²) in [5, 5.41) is 2.84. The summed E-state index contributed by atoms with van der Waals surface area (Å²) < 4.78 is 11.2. The van der Waals surface area contributed by atoms with Crippen LogP contribution in [0.25, 0.3) is 0 Å². The highest BCUT2D eigenvalue weighted by Gasteiger charge is 2.15. The molecule has 0 fully saturated rings. The van der Waals surface area contributed by atoms with Crippen LogP contribution < -0.4 is 5.32 Å². The van der Waals surface area contributed by atoms with E-state index in [1.54, 1.807) is 0 Å². The topological polar surface area (TPSA) is 64.6 Å². The summed E-state index contributed by atoms with van der Waals surface area (Å²) in [5.74, 6) is 0.533. The lowest BCUT2D eigenvalue weighted by Crippen LogP contribution is -2.32.